The zero-order chi connectivity index (χ0) is 15.7. The van der Waals surface area contributed by atoms with Crippen molar-refractivity contribution < 1.29 is 4.79 Å². The molecule has 0 spiro atoms. The predicted molar refractivity (Wildman–Crippen MR) is 87.1 cm³/mol. The van der Waals surface area contributed by atoms with E-state index in [0.717, 1.165) is 34.4 Å². The highest BCUT2D eigenvalue weighted by molar-refractivity contribution is 6.06. The van der Waals surface area contributed by atoms with E-state index >= 15 is 0 Å². The quantitative estimate of drug-likeness (QED) is 0.806. The monoisotopic (exact) mass is 294 g/mol. The number of carbonyl (C=O) groups excluding carboxylic acids is 1. The molecule has 5 nitrogen and oxygen atoms in total. The van der Waals surface area contributed by atoms with Gasteiger partial charge in [-0.25, -0.2) is 4.68 Å². The molecule has 112 valence electrons. The van der Waals surface area contributed by atoms with E-state index in [0.29, 0.717) is 5.56 Å². The lowest BCUT2D eigenvalue weighted by molar-refractivity contribution is 0.102. The number of aryl methyl sites for hydroxylation is 3. The number of fused-ring (bicyclic) bond motifs is 1. The molecule has 1 N–H and O–H groups in total. The predicted octanol–water partition coefficient (Wildman–Crippen LogP) is 3.32. The third-order valence-electron chi connectivity index (χ3n) is 3.80. The van der Waals surface area contributed by atoms with Crippen LogP contribution in [0.25, 0.3) is 11.0 Å². The van der Waals surface area contributed by atoms with Crippen molar-refractivity contribution >= 4 is 22.6 Å². The van der Waals surface area contributed by atoms with Crippen molar-refractivity contribution in [1.82, 2.24) is 15.0 Å². The number of para-hydroxylation sites is 1. The van der Waals surface area contributed by atoms with Crippen molar-refractivity contribution in [3.63, 3.8) is 0 Å². The van der Waals surface area contributed by atoms with E-state index in [1.54, 1.807) is 12.1 Å². The van der Waals surface area contributed by atoms with E-state index < -0.39 is 0 Å². The van der Waals surface area contributed by atoms with Gasteiger partial charge in [0.05, 0.1) is 5.52 Å². The van der Waals surface area contributed by atoms with Gasteiger partial charge < -0.3 is 5.32 Å². The summed E-state index contributed by atoms with van der Waals surface area (Å²) < 4.78 is 1.81. The van der Waals surface area contributed by atoms with Gasteiger partial charge in [-0.15, -0.1) is 5.10 Å². The molecule has 3 aromatic rings. The van der Waals surface area contributed by atoms with Crippen molar-refractivity contribution in [2.75, 3.05) is 5.32 Å². The standard InChI is InChI=1S/C17H18N4O/c1-4-21-15-9-8-13(10-14(15)19-20-21)17(22)18-16-11(2)6-5-7-12(16)3/h5-10H,4H2,1-3H3,(H,18,22). The topological polar surface area (TPSA) is 59.8 Å². The molecule has 0 saturated carbocycles. The van der Waals surface area contributed by atoms with Gasteiger partial charge in [-0.05, 0) is 50.1 Å². The van der Waals surface area contributed by atoms with E-state index in [2.05, 4.69) is 15.6 Å². The van der Waals surface area contributed by atoms with Crippen molar-refractivity contribution in [3.05, 3.63) is 53.1 Å². The summed E-state index contributed by atoms with van der Waals surface area (Å²) >= 11 is 0. The van der Waals surface area contributed by atoms with Crippen LogP contribution in [-0.4, -0.2) is 20.9 Å². The van der Waals surface area contributed by atoms with Gasteiger partial charge in [0.2, 0.25) is 0 Å². The van der Waals surface area contributed by atoms with Crippen LogP contribution in [0.2, 0.25) is 0 Å². The summed E-state index contributed by atoms with van der Waals surface area (Å²) in [6.45, 7) is 6.73. The second-order valence-electron chi connectivity index (χ2n) is 5.33. The number of rotatable bonds is 3. The van der Waals surface area contributed by atoms with Gasteiger partial charge in [0.1, 0.15) is 5.52 Å². The van der Waals surface area contributed by atoms with Crippen LogP contribution >= 0.6 is 0 Å². The number of anilines is 1. The van der Waals surface area contributed by atoms with Crippen LogP contribution in [0.4, 0.5) is 5.69 Å². The van der Waals surface area contributed by atoms with E-state index in [-0.39, 0.29) is 5.91 Å². The maximum Gasteiger partial charge on any atom is 0.255 e. The second-order valence-corrected chi connectivity index (χ2v) is 5.33. The molecule has 1 amide bonds. The van der Waals surface area contributed by atoms with E-state index in [1.807, 2.05) is 49.7 Å². The largest absolute Gasteiger partial charge is 0.322 e. The highest BCUT2D eigenvalue weighted by Gasteiger charge is 2.12. The van der Waals surface area contributed by atoms with Crippen LogP contribution in [-0.2, 0) is 6.54 Å². The van der Waals surface area contributed by atoms with E-state index in [9.17, 15) is 4.79 Å². The number of carbonyl (C=O) groups is 1. The number of hydrogen-bond donors (Lipinski definition) is 1. The molecule has 0 atom stereocenters. The molecule has 0 unspecified atom stereocenters. The fraction of sp³-hybridized carbons (Fsp3) is 0.235. The summed E-state index contributed by atoms with van der Waals surface area (Å²) in [5.74, 6) is -0.134. The highest BCUT2D eigenvalue weighted by atomic mass is 16.1. The second kappa shape index (κ2) is 5.60. The zero-order valence-corrected chi connectivity index (χ0v) is 12.9. The number of amides is 1. The smallest absolute Gasteiger partial charge is 0.255 e. The van der Waals surface area contributed by atoms with Crippen LogP contribution < -0.4 is 5.32 Å². The van der Waals surface area contributed by atoms with Crippen molar-refractivity contribution in [2.45, 2.75) is 27.3 Å². The molecule has 0 saturated heterocycles. The minimum absolute atomic E-state index is 0.134. The molecule has 1 aromatic heterocycles. The summed E-state index contributed by atoms with van der Waals surface area (Å²) in [6, 6.07) is 11.4. The van der Waals surface area contributed by atoms with Gasteiger partial charge in [0, 0.05) is 17.8 Å². The third-order valence-corrected chi connectivity index (χ3v) is 3.80. The minimum atomic E-state index is -0.134. The van der Waals surface area contributed by atoms with Gasteiger partial charge in [-0.2, -0.15) is 0 Å². The molecular formula is C17H18N4O. The van der Waals surface area contributed by atoms with Gasteiger partial charge in [0.25, 0.3) is 5.91 Å². The summed E-state index contributed by atoms with van der Waals surface area (Å²) in [6.07, 6.45) is 0. The number of hydrogen-bond acceptors (Lipinski definition) is 3. The fourth-order valence-electron chi connectivity index (χ4n) is 2.54. The molecule has 22 heavy (non-hydrogen) atoms. The first-order chi connectivity index (χ1) is 10.6. The summed E-state index contributed by atoms with van der Waals surface area (Å²) in [5.41, 5.74) is 5.21. The van der Waals surface area contributed by atoms with Crippen LogP contribution in [0.15, 0.2) is 36.4 Å². The first kappa shape index (κ1) is 14.3. The van der Waals surface area contributed by atoms with Gasteiger partial charge >= 0.3 is 0 Å². The fourth-order valence-corrected chi connectivity index (χ4v) is 2.54. The number of aromatic nitrogens is 3. The first-order valence-corrected chi connectivity index (χ1v) is 7.31. The SMILES string of the molecule is CCn1nnc2cc(C(=O)Nc3c(C)cccc3C)ccc21. The first-order valence-electron chi connectivity index (χ1n) is 7.31. The van der Waals surface area contributed by atoms with E-state index in [4.69, 9.17) is 0 Å². The number of benzene rings is 2. The molecule has 0 fully saturated rings. The van der Waals surface area contributed by atoms with Crippen LogP contribution in [0.5, 0.6) is 0 Å². The lowest BCUT2D eigenvalue weighted by atomic mass is 10.1. The van der Waals surface area contributed by atoms with Gasteiger partial charge in [-0.1, -0.05) is 23.4 Å². The normalized spacial score (nSPS) is 10.9. The zero-order valence-electron chi connectivity index (χ0n) is 12.9. The number of nitrogens with zero attached hydrogens (tertiary/aromatic N) is 3. The Morgan fingerprint density at radius 3 is 2.59 bits per heavy atom. The van der Waals surface area contributed by atoms with Crippen molar-refractivity contribution in [1.29, 1.82) is 0 Å². The Bertz CT molecular complexity index is 831. The highest BCUT2D eigenvalue weighted by Crippen LogP contribution is 2.21. The summed E-state index contributed by atoms with van der Waals surface area (Å²) in [4.78, 5) is 12.5. The maximum absolute atomic E-state index is 12.5. The molecule has 0 aliphatic carbocycles. The molecule has 0 radical (unpaired) electrons. The molecule has 0 bridgehead atoms. The molecular weight excluding hydrogens is 276 g/mol. The lowest BCUT2D eigenvalue weighted by Crippen LogP contribution is -2.13. The Kier molecular flexibility index (Phi) is 3.63. The van der Waals surface area contributed by atoms with Crippen LogP contribution in [0.3, 0.4) is 0 Å². The Labute approximate surface area is 129 Å². The third kappa shape index (κ3) is 2.45. The Balaban J connectivity index is 1.92. The van der Waals surface area contributed by atoms with Crippen molar-refractivity contribution in [2.24, 2.45) is 0 Å². The van der Waals surface area contributed by atoms with E-state index in [1.165, 1.54) is 0 Å². The maximum atomic E-state index is 12.5. The molecule has 3 rings (SSSR count). The summed E-state index contributed by atoms with van der Waals surface area (Å²) in [5, 5.41) is 11.2. The average Bonchev–Trinajstić information content (AvgIpc) is 2.93. The van der Waals surface area contributed by atoms with Crippen LogP contribution in [0.1, 0.15) is 28.4 Å². The van der Waals surface area contributed by atoms with Crippen LogP contribution in [0, 0.1) is 13.8 Å². The Morgan fingerprint density at radius 1 is 1.18 bits per heavy atom. The molecule has 0 aliphatic rings. The Hall–Kier alpha value is -2.69. The molecule has 5 heteroatoms. The van der Waals surface area contributed by atoms with Gasteiger partial charge in [0.15, 0.2) is 0 Å². The average molecular weight is 294 g/mol. The molecule has 0 aliphatic heterocycles. The Morgan fingerprint density at radius 2 is 1.91 bits per heavy atom. The van der Waals surface area contributed by atoms with Gasteiger partial charge in [-0.3, -0.25) is 4.79 Å². The summed E-state index contributed by atoms with van der Waals surface area (Å²) in [7, 11) is 0. The van der Waals surface area contributed by atoms with Crippen molar-refractivity contribution in [3.8, 4) is 0 Å². The minimum Gasteiger partial charge on any atom is -0.322 e. The molecule has 1 heterocycles. The molecule has 2 aromatic carbocycles. The number of nitrogens with one attached hydrogen (secondary N) is 1. The lowest BCUT2D eigenvalue weighted by Gasteiger charge is -2.11.